The highest BCUT2D eigenvalue weighted by Crippen LogP contribution is 2.37. The highest BCUT2D eigenvalue weighted by Gasteiger charge is 2.34. The number of hydrogen-bond donors (Lipinski definition) is 2. The van der Waals surface area contributed by atoms with Gasteiger partial charge < -0.3 is 11.1 Å². The minimum atomic E-state index is 0.734. The molecule has 76 valence electrons. The molecule has 0 aliphatic heterocycles. The van der Waals surface area contributed by atoms with Crippen LogP contribution in [-0.4, -0.2) is 19.1 Å². The lowest BCUT2D eigenvalue weighted by molar-refractivity contribution is 0.398. The van der Waals surface area contributed by atoms with Crippen molar-refractivity contribution in [1.82, 2.24) is 5.32 Å². The Hall–Kier alpha value is -0.0800. The van der Waals surface area contributed by atoms with Gasteiger partial charge >= 0.3 is 0 Å². The summed E-state index contributed by atoms with van der Waals surface area (Å²) in [6.07, 6.45) is 5.50. The highest BCUT2D eigenvalue weighted by atomic mass is 14.9. The predicted molar refractivity (Wildman–Crippen MR) is 55.5 cm³/mol. The molecule has 2 aliphatic rings. The number of nitrogens with two attached hydrogens (primary N) is 1. The second-order valence-corrected chi connectivity index (χ2v) is 4.91. The van der Waals surface area contributed by atoms with Crippen molar-refractivity contribution in [2.75, 3.05) is 13.1 Å². The van der Waals surface area contributed by atoms with E-state index < -0.39 is 0 Å². The fourth-order valence-electron chi connectivity index (χ4n) is 2.57. The van der Waals surface area contributed by atoms with Gasteiger partial charge in [0.25, 0.3) is 0 Å². The molecule has 2 rings (SSSR count). The molecule has 0 radical (unpaired) electrons. The molecule has 0 amide bonds. The molecule has 2 aliphatic carbocycles. The number of nitrogens with one attached hydrogen (secondary N) is 1. The molecule has 4 atom stereocenters. The van der Waals surface area contributed by atoms with Gasteiger partial charge in [0.15, 0.2) is 0 Å². The zero-order valence-corrected chi connectivity index (χ0v) is 8.63. The van der Waals surface area contributed by atoms with E-state index in [1.807, 2.05) is 0 Å². The Morgan fingerprint density at radius 3 is 2.69 bits per heavy atom. The fourth-order valence-corrected chi connectivity index (χ4v) is 2.57. The van der Waals surface area contributed by atoms with Gasteiger partial charge in [-0.3, -0.25) is 0 Å². The minimum absolute atomic E-state index is 0.734. The molecule has 2 saturated carbocycles. The Labute approximate surface area is 81.3 Å². The average Bonchev–Trinajstić information content (AvgIpc) is 2.68. The maximum Gasteiger partial charge on any atom is 0.0107 e. The predicted octanol–water partition coefficient (Wildman–Crippen LogP) is 1.36. The quantitative estimate of drug-likeness (QED) is 0.689. The van der Waals surface area contributed by atoms with E-state index in [2.05, 4.69) is 12.2 Å². The van der Waals surface area contributed by atoms with E-state index in [4.69, 9.17) is 5.73 Å². The lowest BCUT2D eigenvalue weighted by Crippen LogP contribution is -2.37. The summed E-state index contributed by atoms with van der Waals surface area (Å²) >= 11 is 0. The van der Waals surface area contributed by atoms with Crippen molar-refractivity contribution in [1.29, 1.82) is 0 Å². The van der Waals surface area contributed by atoms with Gasteiger partial charge in [0, 0.05) is 6.04 Å². The van der Waals surface area contributed by atoms with E-state index in [1.54, 1.807) is 0 Å². The number of rotatable bonds is 4. The van der Waals surface area contributed by atoms with Crippen molar-refractivity contribution < 1.29 is 0 Å². The standard InChI is InChI=1S/C11H22N2/c1-8-5-10(8)7-13-11-4-2-3-9(11)6-12/h8-11,13H,2-7,12H2,1H3. The second kappa shape index (κ2) is 3.97. The van der Waals surface area contributed by atoms with Gasteiger partial charge in [-0.15, -0.1) is 0 Å². The van der Waals surface area contributed by atoms with Crippen LogP contribution in [0.5, 0.6) is 0 Å². The summed E-state index contributed by atoms with van der Waals surface area (Å²) in [5.41, 5.74) is 5.73. The zero-order chi connectivity index (χ0) is 9.26. The molecule has 3 N–H and O–H groups in total. The van der Waals surface area contributed by atoms with Crippen molar-refractivity contribution in [3.05, 3.63) is 0 Å². The van der Waals surface area contributed by atoms with Gasteiger partial charge in [-0.1, -0.05) is 13.3 Å². The topological polar surface area (TPSA) is 38.0 Å². The molecule has 0 heterocycles. The van der Waals surface area contributed by atoms with Crippen LogP contribution < -0.4 is 11.1 Å². The van der Waals surface area contributed by atoms with E-state index in [0.29, 0.717) is 0 Å². The minimum Gasteiger partial charge on any atom is -0.330 e. The highest BCUT2D eigenvalue weighted by molar-refractivity contribution is 4.89. The lowest BCUT2D eigenvalue weighted by Gasteiger charge is -2.19. The Balaban J connectivity index is 1.68. The van der Waals surface area contributed by atoms with Crippen LogP contribution in [0, 0.1) is 17.8 Å². The molecular weight excluding hydrogens is 160 g/mol. The van der Waals surface area contributed by atoms with Gasteiger partial charge in [-0.2, -0.15) is 0 Å². The van der Waals surface area contributed by atoms with Crippen molar-refractivity contribution >= 4 is 0 Å². The van der Waals surface area contributed by atoms with E-state index in [0.717, 1.165) is 30.3 Å². The van der Waals surface area contributed by atoms with Gasteiger partial charge in [-0.05, 0) is 50.1 Å². The molecule has 2 nitrogen and oxygen atoms in total. The van der Waals surface area contributed by atoms with Crippen LogP contribution in [0.15, 0.2) is 0 Å². The molecule has 2 fully saturated rings. The molecule has 0 aromatic rings. The molecule has 0 saturated heterocycles. The Bertz CT molecular complexity index is 169. The average molecular weight is 182 g/mol. The Kier molecular flexibility index (Phi) is 2.89. The molecule has 0 bridgehead atoms. The van der Waals surface area contributed by atoms with Crippen LogP contribution in [0.1, 0.15) is 32.6 Å². The molecule has 2 heteroatoms. The molecule has 0 spiro atoms. The van der Waals surface area contributed by atoms with Gasteiger partial charge in [0.2, 0.25) is 0 Å². The largest absolute Gasteiger partial charge is 0.330 e. The van der Waals surface area contributed by atoms with Gasteiger partial charge in [0.05, 0.1) is 0 Å². The maximum atomic E-state index is 5.73. The van der Waals surface area contributed by atoms with Crippen LogP contribution >= 0.6 is 0 Å². The van der Waals surface area contributed by atoms with Crippen molar-refractivity contribution in [2.24, 2.45) is 23.5 Å². The van der Waals surface area contributed by atoms with Crippen LogP contribution in [0.25, 0.3) is 0 Å². The van der Waals surface area contributed by atoms with Gasteiger partial charge in [0.1, 0.15) is 0 Å². The summed E-state index contributed by atoms with van der Waals surface area (Å²) in [6, 6.07) is 0.734. The second-order valence-electron chi connectivity index (χ2n) is 4.91. The zero-order valence-electron chi connectivity index (χ0n) is 8.63. The van der Waals surface area contributed by atoms with Crippen LogP contribution in [0.3, 0.4) is 0 Å². The fraction of sp³-hybridized carbons (Fsp3) is 1.00. The summed E-state index contributed by atoms with van der Waals surface area (Å²) in [6.45, 7) is 4.46. The normalized spacial score (nSPS) is 43.8. The third-order valence-corrected chi connectivity index (χ3v) is 3.88. The summed E-state index contributed by atoms with van der Waals surface area (Å²) < 4.78 is 0. The summed E-state index contributed by atoms with van der Waals surface area (Å²) in [4.78, 5) is 0. The van der Waals surface area contributed by atoms with Crippen molar-refractivity contribution in [3.8, 4) is 0 Å². The third kappa shape index (κ3) is 2.23. The van der Waals surface area contributed by atoms with E-state index >= 15 is 0 Å². The van der Waals surface area contributed by atoms with Crippen LogP contribution in [-0.2, 0) is 0 Å². The Morgan fingerprint density at radius 1 is 1.31 bits per heavy atom. The van der Waals surface area contributed by atoms with Crippen molar-refractivity contribution in [3.63, 3.8) is 0 Å². The van der Waals surface area contributed by atoms with Crippen molar-refractivity contribution in [2.45, 2.75) is 38.6 Å². The summed E-state index contributed by atoms with van der Waals surface area (Å²) in [5, 5.41) is 3.69. The first-order valence-corrected chi connectivity index (χ1v) is 5.74. The molecule has 0 aromatic carbocycles. The first kappa shape index (κ1) is 9.47. The van der Waals surface area contributed by atoms with Gasteiger partial charge in [-0.25, -0.2) is 0 Å². The number of hydrogen-bond acceptors (Lipinski definition) is 2. The third-order valence-electron chi connectivity index (χ3n) is 3.88. The monoisotopic (exact) mass is 182 g/mol. The summed E-state index contributed by atoms with van der Waals surface area (Å²) in [5.74, 6) is 2.71. The summed E-state index contributed by atoms with van der Waals surface area (Å²) in [7, 11) is 0. The Morgan fingerprint density at radius 2 is 2.08 bits per heavy atom. The maximum absolute atomic E-state index is 5.73. The van der Waals surface area contributed by atoms with Crippen LogP contribution in [0.2, 0.25) is 0 Å². The molecular formula is C11H22N2. The smallest absolute Gasteiger partial charge is 0.0107 e. The van der Waals surface area contributed by atoms with E-state index in [1.165, 1.54) is 32.2 Å². The SMILES string of the molecule is CC1CC1CNC1CCCC1CN. The lowest BCUT2D eigenvalue weighted by atomic mass is 10.0. The van der Waals surface area contributed by atoms with E-state index in [9.17, 15) is 0 Å². The molecule has 0 aromatic heterocycles. The first-order valence-electron chi connectivity index (χ1n) is 5.74. The molecule has 13 heavy (non-hydrogen) atoms. The molecule has 4 unspecified atom stereocenters. The first-order chi connectivity index (χ1) is 6.31. The van der Waals surface area contributed by atoms with Crippen LogP contribution in [0.4, 0.5) is 0 Å². The van der Waals surface area contributed by atoms with E-state index in [-0.39, 0.29) is 0 Å².